The molecule has 7 heteroatoms. The van der Waals surface area contributed by atoms with Crippen molar-refractivity contribution in [2.75, 3.05) is 13.1 Å². The number of benzene rings is 1. The van der Waals surface area contributed by atoms with Crippen LogP contribution in [0.5, 0.6) is 0 Å². The molecule has 5 rings (SSSR count). The number of carbonyl (C=O) groups excluding carboxylic acids is 1. The third-order valence-electron chi connectivity index (χ3n) is 6.60. The first kappa shape index (κ1) is 22.1. The highest BCUT2D eigenvalue weighted by molar-refractivity contribution is 9.10. The average Bonchev–Trinajstić information content (AvgIpc) is 2.95. The number of aromatic nitrogens is 2. The summed E-state index contributed by atoms with van der Waals surface area (Å²) in [5.74, 6) is 0.567. The Morgan fingerprint density at radius 2 is 1.91 bits per heavy atom. The van der Waals surface area contributed by atoms with Crippen LogP contribution >= 0.6 is 27.5 Å². The number of likely N-dealkylation sites (tertiary alicyclic amines) is 1. The quantitative estimate of drug-likeness (QED) is 0.507. The van der Waals surface area contributed by atoms with E-state index in [1.54, 1.807) is 12.3 Å². The van der Waals surface area contributed by atoms with Gasteiger partial charge in [0.2, 0.25) is 11.5 Å². The summed E-state index contributed by atoms with van der Waals surface area (Å²) in [5, 5.41) is 0.720. The predicted molar refractivity (Wildman–Crippen MR) is 134 cm³/mol. The van der Waals surface area contributed by atoms with Gasteiger partial charge in [0.25, 0.3) is 0 Å². The van der Waals surface area contributed by atoms with Crippen LogP contribution < -0.4 is 5.56 Å². The van der Waals surface area contributed by atoms with Gasteiger partial charge in [-0.15, -0.1) is 0 Å². The Morgan fingerprint density at radius 3 is 2.70 bits per heavy atom. The molecule has 2 aromatic heterocycles. The maximum atomic E-state index is 12.9. The predicted octanol–water partition coefficient (Wildman–Crippen LogP) is 5.28. The topological polar surface area (TPSA) is 66.1 Å². The lowest BCUT2D eigenvalue weighted by molar-refractivity contribution is -0.131. The number of amides is 1. The maximum Gasteiger partial charge on any atom is 0.248 e. The molecule has 1 saturated heterocycles. The molecule has 1 aromatic carbocycles. The van der Waals surface area contributed by atoms with Crippen molar-refractivity contribution >= 4 is 45.6 Å². The minimum atomic E-state index is -0.183. The van der Waals surface area contributed by atoms with E-state index in [1.807, 2.05) is 23.2 Å². The molecule has 3 heterocycles. The van der Waals surface area contributed by atoms with E-state index in [9.17, 15) is 9.59 Å². The lowest BCUT2D eigenvalue weighted by atomic mass is 9.76. The molecule has 1 amide bonds. The summed E-state index contributed by atoms with van der Waals surface area (Å²) < 4.78 is 0.953. The second-order valence-electron chi connectivity index (χ2n) is 8.67. The van der Waals surface area contributed by atoms with Gasteiger partial charge >= 0.3 is 0 Å². The number of pyridine rings is 2. The average molecular weight is 525 g/mol. The second kappa shape index (κ2) is 9.27. The molecule has 1 aliphatic carbocycles. The van der Waals surface area contributed by atoms with E-state index in [-0.39, 0.29) is 23.8 Å². The summed E-state index contributed by atoms with van der Waals surface area (Å²) in [7, 11) is 0. The number of nitrogens with zero attached hydrogens (tertiary/aromatic N) is 2. The van der Waals surface area contributed by atoms with Gasteiger partial charge in [0, 0.05) is 47.0 Å². The molecule has 5 nitrogen and oxygen atoms in total. The molecule has 1 unspecified atom stereocenters. The van der Waals surface area contributed by atoms with Gasteiger partial charge in [-0.1, -0.05) is 29.8 Å². The molecule has 33 heavy (non-hydrogen) atoms. The normalized spacial score (nSPS) is 17.9. The zero-order valence-electron chi connectivity index (χ0n) is 17.9. The van der Waals surface area contributed by atoms with Crippen molar-refractivity contribution in [1.82, 2.24) is 14.9 Å². The fraction of sp³-hybridized carbons (Fsp3) is 0.269. The first-order valence-electron chi connectivity index (χ1n) is 11.1. The SMILES string of the molecule is O=C(Cc1cc[nH]c(=O)c1)N1CCC(C2c3ccc(Cl)cc3C=Cc3cc(Br)cnc32)CC1. The number of aromatic amines is 1. The van der Waals surface area contributed by atoms with Crippen LogP contribution in [0.1, 0.15) is 46.7 Å². The Labute approximate surface area is 205 Å². The smallest absolute Gasteiger partial charge is 0.248 e. The highest BCUT2D eigenvalue weighted by atomic mass is 79.9. The number of hydrogen-bond acceptors (Lipinski definition) is 3. The second-order valence-corrected chi connectivity index (χ2v) is 10.0. The van der Waals surface area contributed by atoms with Crippen LogP contribution in [-0.2, 0) is 11.2 Å². The molecule has 168 valence electrons. The van der Waals surface area contributed by atoms with Crippen molar-refractivity contribution in [3.63, 3.8) is 0 Å². The Balaban J connectivity index is 1.38. The van der Waals surface area contributed by atoms with Crippen LogP contribution in [0.3, 0.4) is 0 Å². The van der Waals surface area contributed by atoms with Crippen molar-refractivity contribution in [3.8, 4) is 0 Å². The molecule has 1 fully saturated rings. The minimum Gasteiger partial charge on any atom is -0.342 e. The maximum absolute atomic E-state index is 12.9. The van der Waals surface area contributed by atoms with Crippen LogP contribution in [-0.4, -0.2) is 33.9 Å². The van der Waals surface area contributed by atoms with Crippen molar-refractivity contribution in [2.45, 2.75) is 25.2 Å². The molecule has 1 N–H and O–H groups in total. The largest absolute Gasteiger partial charge is 0.342 e. The van der Waals surface area contributed by atoms with Crippen LogP contribution in [0.15, 0.2) is 58.1 Å². The minimum absolute atomic E-state index is 0.0659. The number of hydrogen-bond donors (Lipinski definition) is 1. The van der Waals surface area contributed by atoms with E-state index in [0.717, 1.165) is 44.7 Å². The summed E-state index contributed by atoms with van der Waals surface area (Å²) in [6, 6.07) is 11.5. The van der Waals surface area contributed by atoms with E-state index in [0.29, 0.717) is 19.0 Å². The molecule has 0 radical (unpaired) electrons. The lowest BCUT2D eigenvalue weighted by Gasteiger charge is -2.37. The Kier molecular flexibility index (Phi) is 6.21. The summed E-state index contributed by atoms with van der Waals surface area (Å²) in [6.07, 6.45) is 9.72. The summed E-state index contributed by atoms with van der Waals surface area (Å²) >= 11 is 9.86. The highest BCUT2D eigenvalue weighted by Gasteiger charge is 2.34. The number of rotatable bonds is 3. The molecule has 0 spiro atoms. The number of piperidine rings is 1. The standard InChI is InChI=1S/C26H23BrClN3O2/c27-20-13-19-2-1-18-14-21(28)3-4-22(18)25(26(19)30-15-20)17-6-9-31(10-7-17)24(33)12-16-5-8-29-23(32)11-16/h1-5,8,11,13-15,17,25H,6-7,9-10,12H2,(H,29,32). The fourth-order valence-electron chi connectivity index (χ4n) is 5.00. The summed E-state index contributed by atoms with van der Waals surface area (Å²) in [4.78, 5) is 33.7. The van der Waals surface area contributed by atoms with Gasteiger partial charge in [-0.3, -0.25) is 14.6 Å². The number of nitrogens with one attached hydrogen (secondary N) is 1. The van der Waals surface area contributed by atoms with Crippen LogP contribution in [0, 0.1) is 5.92 Å². The number of H-pyrrole nitrogens is 1. The lowest BCUT2D eigenvalue weighted by Crippen LogP contribution is -2.41. The molecule has 1 atom stereocenters. The monoisotopic (exact) mass is 523 g/mol. The van der Waals surface area contributed by atoms with Crippen molar-refractivity contribution in [3.05, 3.63) is 96.6 Å². The zero-order valence-corrected chi connectivity index (χ0v) is 20.3. The molecule has 2 aliphatic rings. The molecule has 0 bridgehead atoms. The Hall–Kier alpha value is -2.70. The third kappa shape index (κ3) is 4.68. The van der Waals surface area contributed by atoms with E-state index in [2.05, 4.69) is 45.2 Å². The van der Waals surface area contributed by atoms with Crippen molar-refractivity contribution in [1.29, 1.82) is 0 Å². The van der Waals surface area contributed by atoms with Gasteiger partial charge in [-0.25, -0.2) is 0 Å². The van der Waals surface area contributed by atoms with E-state index < -0.39 is 0 Å². The Morgan fingerprint density at radius 1 is 1.12 bits per heavy atom. The molecular weight excluding hydrogens is 502 g/mol. The van der Waals surface area contributed by atoms with E-state index in [1.165, 1.54) is 11.6 Å². The molecule has 1 aliphatic heterocycles. The first-order chi connectivity index (χ1) is 16.0. The zero-order chi connectivity index (χ0) is 22.9. The first-order valence-corrected chi connectivity index (χ1v) is 12.2. The molecule has 0 saturated carbocycles. The van der Waals surface area contributed by atoms with Crippen LogP contribution in [0.2, 0.25) is 5.02 Å². The Bertz CT molecular complexity index is 1240. The third-order valence-corrected chi connectivity index (χ3v) is 7.26. The summed E-state index contributed by atoms with van der Waals surface area (Å²) in [5.41, 5.74) is 5.10. The van der Waals surface area contributed by atoms with Crippen molar-refractivity contribution < 1.29 is 4.79 Å². The van der Waals surface area contributed by atoms with Gasteiger partial charge in [0.05, 0.1) is 12.1 Å². The van der Waals surface area contributed by atoms with E-state index in [4.69, 9.17) is 16.6 Å². The van der Waals surface area contributed by atoms with Gasteiger partial charge in [0.15, 0.2) is 0 Å². The van der Waals surface area contributed by atoms with Gasteiger partial charge < -0.3 is 9.88 Å². The van der Waals surface area contributed by atoms with Gasteiger partial charge in [-0.2, -0.15) is 0 Å². The van der Waals surface area contributed by atoms with E-state index >= 15 is 0 Å². The highest BCUT2D eigenvalue weighted by Crippen LogP contribution is 2.43. The van der Waals surface area contributed by atoms with Crippen LogP contribution in [0.4, 0.5) is 0 Å². The number of halogens is 2. The fourth-order valence-corrected chi connectivity index (χ4v) is 5.53. The van der Waals surface area contributed by atoms with Gasteiger partial charge in [-0.05, 0) is 81.2 Å². The molecule has 3 aromatic rings. The summed E-state index contributed by atoms with van der Waals surface area (Å²) in [6.45, 7) is 1.40. The van der Waals surface area contributed by atoms with Crippen LogP contribution in [0.25, 0.3) is 12.2 Å². The molecular formula is C26H23BrClN3O2. The van der Waals surface area contributed by atoms with Gasteiger partial charge in [0.1, 0.15) is 0 Å². The van der Waals surface area contributed by atoms with Crippen molar-refractivity contribution in [2.24, 2.45) is 5.92 Å². The number of carbonyl (C=O) groups is 1. The number of fused-ring (bicyclic) bond motifs is 2.